The summed E-state index contributed by atoms with van der Waals surface area (Å²) in [5, 5.41) is 3.67. The van der Waals surface area contributed by atoms with Crippen molar-refractivity contribution in [1.82, 2.24) is 5.32 Å². The van der Waals surface area contributed by atoms with Crippen LogP contribution in [0.4, 0.5) is 0 Å². The first kappa shape index (κ1) is 12.0. The number of rotatable bonds is 4. The standard InChI is InChI=1S/C13H27N/c1-5-14-13(10(2)3)12-8-6-7-11(4)9-12/h10-14H,5-9H2,1-4H3. The fraction of sp³-hybridized carbons (Fsp3) is 1.00. The predicted octanol–water partition coefficient (Wildman–Crippen LogP) is 3.45. The molecule has 0 bridgehead atoms. The fourth-order valence-electron chi connectivity index (χ4n) is 2.99. The molecule has 0 aromatic heterocycles. The summed E-state index contributed by atoms with van der Waals surface area (Å²) >= 11 is 0. The lowest BCUT2D eigenvalue weighted by Gasteiger charge is -2.36. The molecule has 1 N–H and O–H groups in total. The first-order chi connectivity index (χ1) is 6.65. The van der Waals surface area contributed by atoms with Crippen LogP contribution in [0, 0.1) is 17.8 Å². The molecule has 0 aromatic carbocycles. The summed E-state index contributed by atoms with van der Waals surface area (Å²) in [5.41, 5.74) is 0. The van der Waals surface area contributed by atoms with Gasteiger partial charge in [0.2, 0.25) is 0 Å². The lowest BCUT2D eigenvalue weighted by Crippen LogP contribution is -2.42. The summed E-state index contributed by atoms with van der Waals surface area (Å²) in [7, 11) is 0. The summed E-state index contributed by atoms with van der Waals surface area (Å²) in [6.07, 6.45) is 5.78. The summed E-state index contributed by atoms with van der Waals surface area (Å²) in [6.45, 7) is 10.5. The third-order valence-corrected chi connectivity index (χ3v) is 3.64. The van der Waals surface area contributed by atoms with Gasteiger partial charge in [-0.15, -0.1) is 0 Å². The maximum absolute atomic E-state index is 3.67. The van der Waals surface area contributed by atoms with E-state index < -0.39 is 0 Å². The highest BCUT2D eigenvalue weighted by Gasteiger charge is 2.27. The van der Waals surface area contributed by atoms with Gasteiger partial charge < -0.3 is 5.32 Å². The molecule has 0 amide bonds. The quantitative estimate of drug-likeness (QED) is 0.728. The largest absolute Gasteiger partial charge is 0.314 e. The molecule has 0 aromatic rings. The van der Waals surface area contributed by atoms with Gasteiger partial charge in [0, 0.05) is 6.04 Å². The van der Waals surface area contributed by atoms with Gasteiger partial charge in [0.1, 0.15) is 0 Å². The molecule has 0 aliphatic heterocycles. The second-order valence-electron chi connectivity index (χ2n) is 5.36. The lowest BCUT2D eigenvalue weighted by atomic mass is 9.75. The minimum Gasteiger partial charge on any atom is -0.314 e. The molecule has 0 spiro atoms. The molecule has 0 heterocycles. The zero-order valence-corrected chi connectivity index (χ0v) is 10.3. The van der Waals surface area contributed by atoms with Crippen LogP contribution in [0.3, 0.4) is 0 Å². The minimum atomic E-state index is 0.753. The molecule has 1 aliphatic rings. The van der Waals surface area contributed by atoms with Gasteiger partial charge in [0.15, 0.2) is 0 Å². The van der Waals surface area contributed by atoms with Crippen molar-refractivity contribution in [1.29, 1.82) is 0 Å². The Bertz CT molecular complexity index is 153. The third-order valence-electron chi connectivity index (χ3n) is 3.64. The Kier molecular flexibility index (Phi) is 4.94. The van der Waals surface area contributed by atoms with Crippen LogP contribution in [-0.4, -0.2) is 12.6 Å². The van der Waals surface area contributed by atoms with E-state index in [1.807, 2.05) is 0 Å². The van der Waals surface area contributed by atoms with Crippen LogP contribution in [0.5, 0.6) is 0 Å². The second kappa shape index (κ2) is 5.75. The van der Waals surface area contributed by atoms with E-state index in [2.05, 4.69) is 33.0 Å². The molecule has 1 aliphatic carbocycles. The molecule has 14 heavy (non-hydrogen) atoms. The van der Waals surface area contributed by atoms with Gasteiger partial charge in [-0.25, -0.2) is 0 Å². The molecule has 1 rings (SSSR count). The van der Waals surface area contributed by atoms with Crippen LogP contribution in [0.2, 0.25) is 0 Å². The van der Waals surface area contributed by atoms with Crippen molar-refractivity contribution in [2.24, 2.45) is 17.8 Å². The van der Waals surface area contributed by atoms with Crippen LogP contribution in [-0.2, 0) is 0 Å². The number of nitrogens with one attached hydrogen (secondary N) is 1. The van der Waals surface area contributed by atoms with Gasteiger partial charge in [-0.2, -0.15) is 0 Å². The third kappa shape index (κ3) is 3.27. The Hall–Kier alpha value is -0.0400. The highest BCUT2D eigenvalue weighted by atomic mass is 14.9. The SMILES string of the molecule is CCNC(C(C)C)C1CCCC(C)C1. The molecular formula is C13H27N. The van der Waals surface area contributed by atoms with Crippen molar-refractivity contribution in [3.05, 3.63) is 0 Å². The molecule has 84 valence electrons. The highest BCUT2D eigenvalue weighted by molar-refractivity contribution is 4.83. The Labute approximate surface area is 89.7 Å². The molecule has 1 fully saturated rings. The Morgan fingerprint density at radius 2 is 2.00 bits per heavy atom. The van der Waals surface area contributed by atoms with Crippen molar-refractivity contribution in [3.8, 4) is 0 Å². The van der Waals surface area contributed by atoms with E-state index in [4.69, 9.17) is 0 Å². The van der Waals surface area contributed by atoms with Crippen LogP contribution in [0.15, 0.2) is 0 Å². The fourth-order valence-corrected chi connectivity index (χ4v) is 2.99. The molecule has 0 saturated heterocycles. The van der Waals surface area contributed by atoms with Gasteiger partial charge in [-0.1, -0.05) is 40.5 Å². The normalized spacial score (nSPS) is 30.6. The summed E-state index contributed by atoms with van der Waals surface area (Å²) in [6, 6.07) is 0.753. The van der Waals surface area contributed by atoms with E-state index in [-0.39, 0.29) is 0 Å². The summed E-state index contributed by atoms with van der Waals surface area (Å²) in [5.74, 6) is 2.66. The maximum Gasteiger partial charge on any atom is 0.0118 e. The predicted molar refractivity (Wildman–Crippen MR) is 63.4 cm³/mol. The van der Waals surface area contributed by atoms with Gasteiger partial charge in [0.05, 0.1) is 0 Å². The van der Waals surface area contributed by atoms with Crippen LogP contribution in [0.25, 0.3) is 0 Å². The molecule has 3 unspecified atom stereocenters. The van der Waals surface area contributed by atoms with Crippen molar-refractivity contribution < 1.29 is 0 Å². The molecule has 1 nitrogen and oxygen atoms in total. The van der Waals surface area contributed by atoms with Crippen molar-refractivity contribution >= 4 is 0 Å². The van der Waals surface area contributed by atoms with Crippen molar-refractivity contribution in [3.63, 3.8) is 0 Å². The first-order valence-corrected chi connectivity index (χ1v) is 6.38. The minimum absolute atomic E-state index is 0.753. The zero-order valence-electron chi connectivity index (χ0n) is 10.3. The average molecular weight is 197 g/mol. The Morgan fingerprint density at radius 3 is 2.50 bits per heavy atom. The van der Waals surface area contributed by atoms with Crippen molar-refractivity contribution in [2.45, 2.75) is 59.4 Å². The summed E-state index contributed by atoms with van der Waals surface area (Å²) < 4.78 is 0. The highest BCUT2D eigenvalue weighted by Crippen LogP contribution is 2.32. The van der Waals surface area contributed by atoms with E-state index in [1.165, 1.54) is 25.7 Å². The molecule has 1 saturated carbocycles. The molecule has 3 atom stereocenters. The van der Waals surface area contributed by atoms with Crippen LogP contribution >= 0.6 is 0 Å². The maximum atomic E-state index is 3.67. The van der Waals surface area contributed by atoms with Gasteiger partial charge in [-0.05, 0) is 37.1 Å². The first-order valence-electron chi connectivity index (χ1n) is 6.38. The molecule has 0 radical (unpaired) electrons. The van der Waals surface area contributed by atoms with E-state index in [0.29, 0.717) is 0 Å². The van der Waals surface area contributed by atoms with E-state index in [1.54, 1.807) is 0 Å². The summed E-state index contributed by atoms with van der Waals surface area (Å²) in [4.78, 5) is 0. The smallest absolute Gasteiger partial charge is 0.0118 e. The van der Waals surface area contributed by atoms with Crippen LogP contribution < -0.4 is 5.32 Å². The van der Waals surface area contributed by atoms with Gasteiger partial charge in [0.25, 0.3) is 0 Å². The monoisotopic (exact) mass is 197 g/mol. The van der Waals surface area contributed by atoms with Crippen LogP contribution in [0.1, 0.15) is 53.4 Å². The van der Waals surface area contributed by atoms with Crippen molar-refractivity contribution in [2.75, 3.05) is 6.54 Å². The lowest BCUT2D eigenvalue weighted by molar-refractivity contribution is 0.191. The van der Waals surface area contributed by atoms with E-state index in [0.717, 1.165) is 30.3 Å². The Balaban J connectivity index is 2.48. The zero-order chi connectivity index (χ0) is 10.6. The van der Waals surface area contributed by atoms with Gasteiger partial charge >= 0.3 is 0 Å². The topological polar surface area (TPSA) is 12.0 Å². The van der Waals surface area contributed by atoms with E-state index >= 15 is 0 Å². The van der Waals surface area contributed by atoms with Gasteiger partial charge in [-0.3, -0.25) is 0 Å². The van der Waals surface area contributed by atoms with E-state index in [9.17, 15) is 0 Å². The second-order valence-corrected chi connectivity index (χ2v) is 5.36. The molecular weight excluding hydrogens is 170 g/mol. The Morgan fingerprint density at radius 1 is 1.29 bits per heavy atom. The average Bonchev–Trinajstić information content (AvgIpc) is 2.13. The molecule has 1 heteroatoms. The number of hydrogen-bond acceptors (Lipinski definition) is 1. The number of hydrogen-bond donors (Lipinski definition) is 1.